The largest absolute Gasteiger partial charge is 0.490 e. The maximum Gasteiger partial charge on any atom is 0.340 e. The van der Waals surface area contributed by atoms with Gasteiger partial charge in [-0.05, 0) is 57.2 Å². The Morgan fingerprint density at radius 1 is 1.15 bits per heavy atom. The van der Waals surface area contributed by atoms with Gasteiger partial charge in [-0.1, -0.05) is 0 Å². The number of ether oxygens (including phenoxy) is 1. The number of rotatable bonds is 5. The summed E-state index contributed by atoms with van der Waals surface area (Å²) in [6, 6.07) is 8.32. The molecule has 0 saturated heterocycles. The summed E-state index contributed by atoms with van der Waals surface area (Å²) in [6.07, 6.45) is -0.192. The Hall–Kier alpha value is -3.15. The topological polar surface area (TPSA) is 76.7 Å². The van der Waals surface area contributed by atoms with Crippen molar-refractivity contribution in [3.05, 3.63) is 53.3 Å². The van der Waals surface area contributed by atoms with Crippen molar-refractivity contribution < 1.29 is 28.2 Å². The van der Waals surface area contributed by atoms with Gasteiger partial charge in [-0.2, -0.15) is 0 Å². The van der Waals surface area contributed by atoms with Gasteiger partial charge in [0.2, 0.25) is 0 Å². The number of carbonyl (C=O) groups excluding carboxylic acids is 1. The highest BCUT2D eigenvalue weighted by Gasteiger charge is 2.24. The Balaban J connectivity index is 2.30. The average Bonchev–Trinajstić information content (AvgIpc) is 2.92. The number of aromatic carboxylic acids is 1. The first kappa shape index (κ1) is 17.7. The third-order valence-corrected chi connectivity index (χ3v) is 3.85. The standard InChI is InChI=1S/C20H17FO5/c1-10(2)25-16-9-15-17(8-14(16)11(3)22)26-19(18(15)20(23)24)12-4-6-13(21)7-5-12/h4-10H,1-3H3,(H,23,24). The van der Waals surface area contributed by atoms with Crippen molar-refractivity contribution in [2.75, 3.05) is 0 Å². The monoisotopic (exact) mass is 356 g/mol. The fourth-order valence-electron chi connectivity index (χ4n) is 2.77. The molecule has 1 heterocycles. The first-order valence-corrected chi connectivity index (χ1v) is 8.05. The van der Waals surface area contributed by atoms with Gasteiger partial charge in [-0.25, -0.2) is 9.18 Å². The number of fused-ring (bicyclic) bond motifs is 1. The van der Waals surface area contributed by atoms with Crippen molar-refractivity contribution in [1.29, 1.82) is 0 Å². The van der Waals surface area contributed by atoms with Crippen LogP contribution in [0, 0.1) is 5.82 Å². The van der Waals surface area contributed by atoms with Crippen molar-refractivity contribution >= 4 is 22.7 Å². The zero-order valence-corrected chi connectivity index (χ0v) is 14.5. The van der Waals surface area contributed by atoms with Crippen LogP contribution < -0.4 is 4.74 Å². The van der Waals surface area contributed by atoms with Gasteiger partial charge in [0.1, 0.15) is 28.5 Å². The normalized spacial score (nSPS) is 11.1. The molecule has 0 unspecified atom stereocenters. The van der Waals surface area contributed by atoms with Crippen LogP contribution in [-0.2, 0) is 0 Å². The Labute approximate surface area is 149 Å². The SMILES string of the molecule is CC(=O)c1cc2oc(-c3ccc(F)cc3)c(C(=O)O)c2cc1OC(C)C. The molecule has 0 aliphatic carbocycles. The number of hydrogen-bond acceptors (Lipinski definition) is 4. The van der Waals surface area contributed by atoms with Crippen LogP contribution in [0.2, 0.25) is 0 Å². The molecule has 0 amide bonds. The molecule has 0 radical (unpaired) electrons. The molecule has 1 aromatic heterocycles. The van der Waals surface area contributed by atoms with Crippen LogP contribution in [0.15, 0.2) is 40.8 Å². The lowest BCUT2D eigenvalue weighted by Crippen LogP contribution is -2.09. The molecule has 1 N–H and O–H groups in total. The minimum absolute atomic E-state index is 0.0599. The lowest BCUT2D eigenvalue weighted by molar-refractivity contribution is 0.0699. The molecule has 26 heavy (non-hydrogen) atoms. The van der Waals surface area contributed by atoms with Crippen molar-refractivity contribution in [2.24, 2.45) is 0 Å². The number of hydrogen-bond donors (Lipinski definition) is 1. The van der Waals surface area contributed by atoms with E-state index in [4.69, 9.17) is 9.15 Å². The van der Waals surface area contributed by atoms with Gasteiger partial charge in [0.05, 0.1) is 11.7 Å². The lowest BCUT2D eigenvalue weighted by atomic mass is 10.0. The van der Waals surface area contributed by atoms with Gasteiger partial charge < -0.3 is 14.3 Å². The number of benzene rings is 2. The summed E-state index contributed by atoms with van der Waals surface area (Å²) >= 11 is 0. The molecule has 0 fully saturated rings. The Morgan fingerprint density at radius 3 is 2.35 bits per heavy atom. The van der Waals surface area contributed by atoms with E-state index in [0.717, 1.165) is 0 Å². The van der Waals surface area contributed by atoms with Crippen LogP contribution in [0.4, 0.5) is 4.39 Å². The Bertz CT molecular complexity index is 999. The minimum atomic E-state index is -1.19. The first-order valence-electron chi connectivity index (χ1n) is 8.05. The second-order valence-corrected chi connectivity index (χ2v) is 6.19. The maximum atomic E-state index is 13.2. The maximum absolute atomic E-state index is 13.2. The summed E-state index contributed by atoms with van der Waals surface area (Å²) < 4.78 is 24.6. The summed E-state index contributed by atoms with van der Waals surface area (Å²) in [5, 5.41) is 10.00. The van der Waals surface area contributed by atoms with Crippen LogP contribution >= 0.6 is 0 Å². The Morgan fingerprint density at radius 2 is 1.81 bits per heavy atom. The second kappa shape index (κ2) is 6.63. The highest BCUT2D eigenvalue weighted by Crippen LogP contribution is 2.37. The molecule has 134 valence electrons. The van der Waals surface area contributed by atoms with E-state index in [-0.39, 0.29) is 28.8 Å². The van der Waals surface area contributed by atoms with E-state index in [2.05, 4.69) is 0 Å². The summed E-state index contributed by atoms with van der Waals surface area (Å²) in [7, 11) is 0. The summed E-state index contributed by atoms with van der Waals surface area (Å²) in [6.45, 7) is 5.02. The van der Waals surface area contributed by atoms with E-state index in [1.54, 1.807) is 0 Å². The van der Waals surface area contributed by atoms with Crippen LogP contribution in [0.5, 0.6) is 5.75 Å². The molecule has 0 bridgehead atoms. The predicted molar refractivity (Wildman–Crippen MR) is 94.3 cm³/mol. The molecule has 0 spiro atoms. The summed E-state index contributed by atoms with van der Waals surface area (Å²) in [5.41, 5.74) is 0.927. The molecule has 3 aromatic rings. The van der Waals surface area contributed by atoms with Crippen LogP contribution in [0.25, 0.3) is 22.3 Å². The van der Waals surface area contributed by atoms with E-state index in [1.807, 2.05) is 13.8 Å². The van der Waals surface area contributed by atoms with Gasteiger partial charge in [0, 0.05) is 10.9 Å². The fraction of sp³-hybridized carbons (Fsp3) is 0.200. The highest BCUT2D eigenvalue weighted by atomic mass is 19.1. The molecule has 0 saturated carbocycles. The molecular weight excluding hydrogens is 339 g/mol. The molecule has 0 atom stereocenters. The molecule has 0 aliphatic heterocycles. The van der Waals surface area contributed by atoms with E-state index >= 15 is 0 Å². The number of carbonyl (C=O) groups is 2. The van der Waals surface area contributed by atoms with Crippen molar-refractivity contribution in [3.63, 3.8) is 0 Å². The zero-order valence-electron chi connectivity index (χ0n) is 14.5. The molecule has 2 aromatic carbocycles. The van der Waals surface area contributed by atoms with Gasteiger partial charge in [0.15, 0.2) is 5.78 Å². The summed E-state index contributed by atoms with van der Waals surface area (Å²) in [4.78, 5) is 23.8. The number of carboxylic acid groups (broad SMARTS) is 1. The van der Waals surface area contributed by atoms with Crippen LogP contribution in [-0.4, -0.2) is 23.0 Å². The zero-order chi connectivity index (χ0) is 19.0. The number of Topliss-reactive ketones (excluding diaryl/α,β-unsaturated/α-hetero) is 1. The molecule has 3 rings (SSSR count). The number of ketones is 1. The third-order valence-electron chi connectivity index (χ3n) is 3.85. The van der Waals surface area contributed by atoms with E-state index < -0.39 is 11.8 Å². The predicted octanol–water partition coefficient (Wildman–Crippen LogP) is 4.93. The van der Waals surface area contributed by atoms with Crippen LogP contribution in [0.3, 0.4) is 0 Å². The van der Waals surface area contributed by atoms with Gasteiger partial charge >= 0.3 is 5.97 Å². The van der Waals surface area contributed by atoms with E-state index in [9.17, 15) is 19.1 Å². The van der Waals surface area contributed by atoms with Gasteiger partial charge in [0.25, 0.3) is 0 Å². The quantitative estimate of drug-likeness (QED) is 0.656. The molecule has 6 heteroatoms. The minimum Gasteiger partial charge on any atom is -0.490 e. The van der Waals surface area contributed by atoms with Gasteiger partial charge in [-0.15, -0.1) is 0 Å². The molecule has 0 aliphatic rings. The molecular formula is C20H17FO5. The van der Waals surface area contributed by atoms with E-state index in [1.165, 1.54) is 43.3 Å². The first-order chi connectivity index (χ1) is 12.3. The summed E-state index contributed by atoms with van der Waals surface area (Å²) in [5.74, 6) is -1.45. The molecule has 5 nitrogen and oxygen atoms in total. The van der Waals surface area contributed by atoms with Crippen molar-refractivity contribution in [2.45, 2.75) is 26.9 Å². The average molecular weight is 356 g/mol. The van der Waals surface area contributed by atoms with Crippen LogP contribution in [0.1, 0.15) is 41.5 Å². The van der Waals surface area contributed by atoms with E-state index in [0.29, 0.717) is 22.3 Å². The number of carboxylic acids is 1. The third kappa shape index (κ3) is 3.18. The highest BCUT2D eigenvalue weighted by molar-refractivity contribution is 6.10. The van der Waals surface area contributed by atoms with Crippen molar-refractivity contribution in [3.8, 4) is 17.1 Å². The number of halogens is 1. The Kier molecular flexibility index (Phi) is 4.50. The second-order valence-electron chi connectivity index (χ2n) is 6.19. The number of furan rings is 1. The smallest absolute Gasteiger partial charge is 0.340 e. The van der Waals surface area contributed by atoms with Crippen molar-refractivity contribution in [1.82, 2.24) is 0 Å². The lowest BCUT2D eigenvalue weighted by Gasteiger charge is -2.13. The van der Waals surface area contributed by atoms with Gasteiger partial charge in [-0.3, -0.25) is 4.79 Å². The fourth-order valence-corrected chi connectivity index (χ4v) is 2.77.